The Morgan fingerprint density at radius 1 is 1.19 bits per heavy atom. The SMILES string of the molecule is CS(=O)(=O)Nc1cccc(NC(=O)c2cc(Cl)ccn2)c1. The van der Waals surface area contributed by atoms with E-state index < -0.39 is 15.9 Å². The molecule has 1 heterocycles. The lowest BCUT2D eigenvalue weighted by Gasteiger charge is -2.08. The number of carbonyl (C=O) groups is 1. The van der Waals surface area contributed by atoms with Gasteiger partial charge in [0.25, 0.3) is 5.91 Å². The molecule has 0 saturated heterocycles. The summed E-state index contributed by atoms with van der Waals surface area (Å²) in [5.74, 6) is -0.436. The highest BCUT2D eigenvalue weighted by molar-refractivity contribution is 7.92. The molecule has 0 saturated carbocycles. The lowest BCUT2D eigenvalue weighted by atomic mass is 10.2. The number of rotatable bonds is 4. The second-order valence-corrected chi connectivity index (χ2v) is 6.45. The van der Waals surface area contributed by atoms with Crippen LogP contribution < -0.4 is 10.0 Å². The molecule has 0 bridgehead atoms. The highest BCUT2D eigenvalue weighted by Crippen LogP contribution is 2.17. The van der Waals surface area contributed by atoms with Gasteiger partial charge in [0, 0.05) is 16.9 Å². The number of nitrogens with one attached hydrogen (secondary N) is 2. The van der Waals surface area contributed by atoms with Crippen molar-refractivity contribution in [3.05, 3.63) is 53.3 Å². The number of benzene rings is 1. The maximum atomic E-state index is 12.0. The van der Waals surface area contributed by atoms with E-state index in [1.807, 2.05) is 0 Å². The molecule has 8 heteroatoms. The smallest absolute Gasteiger partial charge is 0.274 e. The number of carbonyl (C=O) groups excluding carboxylic acids is 1. The molecule has 110 valence electrons. The molecule has 0 fully saturated rings. The molecule has 6 nitrogen and oxygen atoms in total. The fraction of sp³-hybridized carbons (Fsp3) is 0.0769. The number of anilines is 2. The zero-order valence-corrected chi connectivity index (χ0v) is 12.6. The Balaban J connectivity index is 2.16. The van der Waals surface area contributed by atoms with Crippen LogP contribution in [0, 0.1) is 0 Å². The van der Waals surface area contributed by atoms with Crippen LogP contribution in [-0.4, -0.2) is 25.6 Å². The zero-order chi connectivity index (χ0) is 15.5. The first kappa shape index (κ1) is 15.3. The molecule has 1 amide bonds. The van der Waals surface area contributed by atoms with Gasteiger partial charge in [-0.05, 0) is 30.3 Å². The summed E-state index contributed by atoms with van der Waals surface area (Å²) in [4.78, 5) is 15.9. The van der Waals surface area contributed by atoms with Gasteiger partial charge in [0.15, 0.2) is 0 Å². The zero-order valence-electron chi connectivity index (χ0n) is 11.0. The van der Waals surface area contributed by atoms with Crippen molar-refractivity contribution in [3.8, 4) is 0 Å². The normalized spacial score (nSPS) is 11.0. The van der Waals surface area contributed by atoms with E-state index in [4.69, 9.17) is 11.6 Å². The Morgan fingerprint density at radius 2 is 1.90 bits per heavy atom. The van der Waals surface area contributed by atoms with Gasteiger partial charge >= 0.3 is 0 Å². The lowest BCUT2D eigenvalue weighted by Crippen LogP contribution is -2.14. The van der Waals surface area contributed by atoms with Crippen molar-refractivity contribution in [2.75, 3.05) is 16.3 Å². The molecule has 2 aromatic rings. The summed E-state index contributed by atoms with van der Waals surface area (Å²) in [6.45, 7) is 0. The van der Waals surface area contributed by atoms with Crippen LogP contribution in [0.4, 0.5) is 11.4 Å². The first-order chi connectivity index (χ1) is 9.83. The van der Waals surface area contributed by atoms with E-state index in [1.54, 1.807) is 24.3 Å². The predicted molar refractivity (Wildman–Crippen MR) is 82.1 cm³/mol. The molecule has 0 aliphatic carbocycles. The van der Waals surface area contributed by atoms with Crippen molar-refractivity contribution in [1.82, 2.24) is 4.98 Å². The van der Waals surface area contributed by atoms with Gasteiger partial charge in [-0.25, -0.2) is 8.42 Å². The second kappa shape index (κ2) is 6.11. The maximum Gasteiger partial charge on any atom is 0.274 e. The van der Waals surface area contributed by atoms with Crippen molar-refractivity contribution in [2.24, 2.45) is 0 Å². The number of hydrogen-bond acceptors (Lipinski definition) is 4. The number of hydrogen-bond donors (Lipinski definition) is 2. The first-order valence-electron chi connectivity index (χ1n) is 5.84. The fourth-order valence-electron chi connectivity index (χ4n) is 1.60. The molecule has 2 rings (SSSR count). The Morgan fingerprint density at radius 3 is 2.57 bits per heavy atom. The molecule has 0 spiro atoms. The van der Waals surface area contributed by atoms with Gasteiger partial charge in [0.2, 0.25) is 10.0 Å². The Labute approximate surface area is 127 Å². The molecule has 1 aromatic carbocycles. The molecular weight excluding hydrogens is 314 g/mol. The largest absolute Gasteiger partial charge is 0.321 e. The Kier molecular flexibility index (Phi) is 4.44. The minimum absolute atomic E-state index is 0.170. The van der Waals surface area contributed by atoms with Crippen molar-refractivity contribution < 1.29 is 13.2 Å². The quantitative estimate of drug-likeness (QED) is 0.903. The van der Waals surface area contributed by atoms with Gasteiger partial charge in [0.1, 0.15) is 5.69 Å². The lowest BCUT2D eigenvalue weighted by molar-refractivity contribution is 0.102. The van der Waals surface area contributed by atoms with Gasteiger partial charge < -0.3 is 5.32 Å². The Hall–Kier alpha value is -2.12. The minimum Gasteiger partial charge on any atom is -0.321 e. The molecule has 0 aliphatic heterocycles. The number of amides is 1. The highest BCUT2D eigenvalue weighted by Gasteiger charge is 2.09. The molecule has 0 unspecified atom stereocenters. The number of halogens is 1. The van der Waals surface area contributed by atoms with E-state index >= 15 is 0 Å². The average molecular weight is 326 g/mol. The van der Waals surface area contributed by atoms with Gasteiger partial charge in [0.05, 0.1) is 11.9 Å². The van der Waals surface area contributed by atoms with Crippen LogP contribution in [0.5, 0.6) is 0 Å². The summed E-state index contributed by atoms with van der Waals surface area (Å²) in [7, 11) is -3.37. The van der Waals surface area contributed by atoms with Crippen LogP contribution in [0.1, 0.15) is 10.5 Å². The van der Waals surface area contributed by atoms with E-state index in [1.165, 1.54) is 18.3 Å². The minimum atomic E-state index is -3.37. The average Bonchev–Trinajstić information content (AvgIpc) is 2.37. The molecule has 0 aliphatic rings. The number of aromatic nitrogens is 1. The summed E-state index contributed by atoms with van der Waals surface area (Å²) >= 11 is 5.79. The predicted octanol–water partition coefficient (Wildman–Crippen LogP) is 2.36. The van der Waals surface area contributed by atoms with E-state index in [2.05, 4.69) is 15.0 Å². The van der Waals surface area contributed by atoms with Crippen molar-refractivity contribution in [3.63, 3.8) is 0 Å². The van der Waals surface area contributed by atoms with E-state index in [-0.39, 0.29) is 5.69 Å². The summed E-state index contributed by atoms with van der Waals surface area (Å²) in [6, 6.07) is 9.34. The number of nitrogens with zero attached hydrogens (tertiary/aromatic N) is 1. The second-order valence-electron chi connectivity index (χ2n) is 4.27. The molecule has 1 aromatic heterocycles. The summed E-state index contributed by atoms with van der Waals surface area (Å²) in [6.07, 6.45) is 2.48. The van der Waals surface area contributed by atoms with E-state index in [0.717, 1.165) is 6.26 Å². The van der Waals surface area contributed by atoms with E-state index in [9.17, 15) is 13.2 Å². The van der Waals surface area contributed by atoms with Gasteiger partial charge in [-0.1, -0.05) is 17.7 Å². The molecule has 0 radical (unpaired) electrons. The number of pyridine rings is 1. The van der Waals surface area contributed by atoms with Crippen LogP contribution in [0.3, 0.4) is 0 Å². The van der Waals surface area contributed by atoms with Crippen LogP contribution in [0.25, 0.3) is 0 Å². The summed E-state index contributed by atoms with van der Waals surface area (Å²) < 4.78 is 24.7. The van der Waals surface area contributed by atoms with Gasteiger partial charge in [-0.15, -0.1) is 0 Å². The van der Waals surface area contributed by atoms with Crippen molar-refractivity contribution in [1.29, 1.82) is 0 Å². The van der Waals surface area contributed by atoms with E-state index in [0.29, 0.717) is 16.4 Å². The Bertz CT molecular complexity index is 778. The fourth-order valence-corrected chi connectivity index (χ4v) is 2.31. The number of sulfonamides is 1. The standard InChI is InChI=1S/C13H12ClN3O3S/c1-21(19,20)17-11-4-2-3-10(8-11)16-13(18)12-7-9(14)5-6-15-12/h2-8,17H,1H3,(H,16,18). The molecule has 0 atom stereocenters. The molecular formula is C13H12ClN3O3S. The van der Waals surface area contributed by atoms with Crippen LogP contribution in [0.15, 0.2) is 42.6 Å². The van der Waals surface area contributed by atoms with Crippen LogP contribution in [-0.2, 0) is 10.0 Å². The molecule has 2 N–H and O–H groups in total. The first-order valence-corrected chi connectivity index (χ1v) is 8.11. The topological polar surface area (TPSA) is 88.2 Å². The third-order valence-electron chi connectivity index (χ3n) is 2.38. The monoisotopic (exact) mass is 325 g/mol. The third kappa shape index (κ3) is 4.73. The van der Waals surface area contributed by atoms with Crippen molar-refractivity contribution in [2.45, 2.75) is 0 Å². The van der Waals surface area contributed by atoms with Gasteiger partial charge in [-0.2, -0.15) is 0 Å². The summed E-state index contributed by atoms with van der Waals surface area (Å²) in [5.41, 5.74) is 0.966. The molecule has 21 heavy (non-hydrogen) atoms. The highest BCUT2D eigenvalue weighted by atomic mass is 35.5. The van der Waals surface area contributed by atoms with Crippen molar-refractivity contribution >= 4 is 38.9 Å². The third-order valence-corrected chi connectivity index (χ3v) is 3.22. The van der Waals surface area contributed by atoms with Crippen LogP contribution >= 0.6 is 11.6 Å². The van der Waals surface area contributed by atoms with Crippen LogP contribution in [0.2, 0.25) is 5.02 Å². The maximum absolute atomic E-state index is 12.0. The van der Waals surface area contributed by atoms with Gasteiger partial charge in [-0.3, -0.25) is 14.5 Å². The summed E-state index contributed by atoms with van der Waals surface area (Å²) in [5, 5.41) is 3.02.